The van der Waals surface area contributed by atoms with Gasteiger partial charge in [0, 0.05) is 16.3 Å². The van der Waals surface area contributed by atoms with Crippen LogP contribution >= 0.6 is 7.26 Å². The minimum atomic E-state index is -4.94. The predicted molar refractivity (Wildman–Crippen MR) is 181 cm³/mol. The Bertz CT molecular complexity index is 2130. The maximum absolute atomic E-state index is 8.49. The van der Waals surface area contributed by atoms with E-state index in [0.29, 0.717) is 0 Å². The fourth-order valence-corrected chi connectivity index (χ4v) is 10.8. The summed E-state index contributed by atoms with van der Waals surface area (Å²) in [6.07, 6.45) is 0. The van der Waals surface area contributed by atoms with Crippen molar-refractivity contribution in [2.75, 3.05) is 0 Å². The maximum atomic E-state index is 8.49. The van der Waals surface area contributed by atoms with Crippen molar-refractivity contribution in [3.63, 3.8) is 0 Å². The van der Waals surface area contributed by atoms with Crippen LogP contribution in [0.4, 0.5) is 0 Å². The monoisotopic (exact) mass is 654 g/mol. The number of hydrogen-bond acceptors (Lipinski definition) is 5. The number of aromatic nitrogens is 2. The zero-order chi connectivity index (χ0) is 32.4. The Morgan fingerprint density at radius 3 is 1.36 bits per heavy atom. The molecule has 0 radical (unpaired) electrons. The summed E-state index contributed by atoms with van der Waals surface area (Å²) in [4.78, 5) is 9.01. The fraction of sp³-hybridized carbons (Fsp3) is 0. The van der Waals surface area contributed by atoms with Crippen LogP contribution in [0, 0.1) is 10.2 Å². The molecule has 1 aromatic heterocycles. The highest BCUT2D eigenvalue weighted by atomic mass is 35.7. The van der Waals surface area contributed by atoms with Gasteiger partial charge in [-0.15, -0.1) is 10.2 Å². The summed E-state index contributed by atoms with van der Waals surface area (Å²) in [5.74, 6) is 0.889. The first kappa shape index (κ1) is 30.7. The van der Waals surface area contributed by atoms with E-state index in [2.05, 4.69) is 169 Å². The molecule has 0 spiro atoms. The van der Waals surface area contributed by atoms with Gasteiger partial charge in [-0.2, -0.15) is 0 Å². The summed E-state index contributed by atoms with van der Waals surface area (Å²) in [6, 6.07) is 59.3. The highest BCUT2D eigenvalue weighted by Gasteiger charge is 2.47. The van der Waals surface area contributed by atoms with Crippen LogP contribution in [0.2, 0.25) is 0 Å². The van der Waals surface area contributed by atoms with Crippen molar-refractivity contribution in [3.05, 3.63) is 164 Å². The quantitative estimate of drug-likeness (QED) is 0.225. The van der Waals surface area contributed by atoms with Gasteiger partial charge in [-0.05, 0) is 59.3 Å². The Labute approximate surface area is 274 Å². The van der Waals surface area contributed by atoms with E-state index in [1.807, 2.05) is 0 Å². The third kappa shape index (κ3) is 5.91. The fourth-order valence-electron chi connectivity index (χ4n) is 6.47. The molecule has 6 nitrogen and oxygen atoms in total. The molecule has 0 atom stereocenters. The molecule has 0 amide bonds. The van der Waals surface area contributed by atoms with E-state index in [4.69, 9.17) is 23.6 Å². The van der Waals surface area contributed by atoms with E-state index in [9.17, 15) is 0 Å². The molecule has 0 bridgehead atoms. The molecule has 0 unspecified atom stereocenters. The smallest absolute Gasteiger partial charge is 0.144 e. The van der Waals surface area contributed by atoms with Gasteiger partial charge in [-0.25, -0.2) is 23.6 Å². The lowest BCUT2D eigenvalue weighted by atomic mass is 10.0. The highest BCUT2D eigenvalue weighted by Crippen LogP contribution is 2.54. The van der Waals surface area contributed by atoms with E-state index >= 15 is 0 Å². The summed E-state index contributed by atoms with van der Waals surface area (Å²) in [5, 5.41) is 10.1. The molecular weight excluding hydrogens is 627 g/mol. The maximum Gasteiger partial charge on any atom is 0.144 e. The zero-order valence-corrected chi connectivity index (χ0v) is 26.6. The van der Waals surface area contributed by atoms with Gasteiger partial charge in [-0.3, -0.25) is 0 Å². The Morgan fingerprint density at radius 2 is 0.851 bits per heavy atom. The summed E-state index contributed by atoms with van der Waals surface area (Å²) >= 11 is 0. The number of imidazole rings is 1. The first-order valence-electron chi connectivity index (χ1n) is 14.9. The van der Waals surface area contributed by atoms with Crippen LogP contribution in [-0.2, 0) is 0 Å². The number of rotatable bonds is 5. The summed E-state index contributed by atoms with van der Waals surface area (Å²) in [6.45, 7) is 0. The van der Waals surface area contributed by atoms with Crippen LogP contribution in [0.3, 0.4) is 0 Å². The van der Waals surface area contributed by atoms with Crippen molar-refractivity contribution < 1.29 is 28.9 Å². The predicted octanol–water partition coefficient (Wildman–Crippen LogP) is 3.40. The number of H-pyrrole nitrogens is 1. The molecule has 8 aromatic rings. The minimum absolute atomic E-state index is 0.889. The molecule has 47 heavy (non-hydrogen) atoms. The Hall–Kier alpha value is -4.91. The van der Waals surface area contributed by atoms with Crippen molar-refractivity contribution in [3.8, 4) is 11.4 Å². The second kappa shape index (κ2) is 12.7. The van der Waals surface area contributed by atoms with Gasteiger partial charge in [0.2, 0.25) is 0 Å². The lowest BCUT2D eigenvalue weighted by Gasteiger charge is -2.27. The van der Waals surface area contributed by atoms with Crippen LogP contribution in [0.1, 0.15) is 0 Å². The van der Waals surface area contributed by atoms with Crippen LogP contribution < -0.4 is 39.9 Å². The van der Waals surface area contributed by atoms with Crippen molar-refractivity contribution in [1.29, 1.82) is 0 Å². The van der Waals surface area contributed by atoms with E-state index in [0.717, 1.165) is 22.4 Å². The molecule has 1 N–H and O–H groups in total. The van der Waals surface area contributed by atoms with Crippen molar-refractivity contribution in [2.24, 2.45) is 0 Å². The first-order chi connectivity index (χ1) is 22.8. The van der Waals surface area contributed by atoms with E-state index < -0.39 is 17.5 Å². The van der Waals surface area contributed by atoms with E-state index in [-0.39, 0.29) is 0 Å². The molecule has 0 aliphatic carbocycles. The second-order valence-corrected chi connectivity index (χ2v) is 15.2. The minimum Gasteiger partial charge on any atom is -0.337 e. The third-order valence-electron chi connectivity index (χ3n) is 8.31. The number of hydrogen-bond donors (Lipinski definition) is 1. The average molecular weight is 655 g/mol. The summed E-state index contributed by atoms with van der Waals surface area (Å²) < 4.78 is 34.0. The molecule has 8 rings (SSSR count). The highest BCUT2D eigenvalue weighted by molar-refractivity contribution is 8.01. The topological polar surface area (TPSA) is 121 Å². The molecule has 8 heteroatoms. The van der Waals surface area contributed by atoms with Gasteiger partial charge in [-0.1, -0.05) is 115 Å². The van der Waals surface area contributed by atoms with Crippen LogP contribution in [0.25, 0.3) is 44.0 Å². The van der Waals surface area contributed by atoms with Gasteiger partial charge in [0.05, 0.1) is 11.0 Å². The first-order valence-corrected chi connectivity index (χ1v) is 17.9. The Balaban J connectivity index is 0.000000656. The molecule has 0 aliphatic rings. The average Bonchev–Trinajstić information content (AvgIpc) is 3.56. The van der Waals surface area contributed by atoms with Gasteiger partial charge >= 0.3 is 0 Å². The summed E-state index contributed by atoms with van der Waals surface area (Å²) in [5.41, 5.74) is 3.18. The number of benzene rings is 7. The second-order valence-electron chi connectivity index (χ2n) is 11.0. The standard InChI is InChI=1S/C39H28N2P.ClHO4/c1-4-16-29(17-5-1)42(30-18-6-2-7-19-30,31-20-8-3-9-21-31)32-22-14-15-28(27-32)39-40-37-35-25-12-10-23-33(35)34-24-11-13-26-36(34)38(37)41-39;2-1(3,4)5/h1-27H,(H,40,41);(H,2,3,4,5)/q+1;/p-1. The number of nitrogens with zero attached hydrogens (tertiary/aromatic N) is 1. The van der Waals surface area contributed by atoms with Crippen LogP contribution in [0.15, 0.2) is 164 Å². The normalized spacial score (nSPS) is 11.8. The van der Waals surface area contributed by atoms with Crippen LogP contribution in [0.5, 0.6) is 0 Å². The third-order valence-corrected chi connectivity index (χ3v) is 12.6. The number of halogens is 1. The molecular formula is C39H28ClN2O4P. The molecule has 7 aromatic carbocycles. The molecule has 0 aliphatic heterocycles. The number of aromatic amines is 1. The molecule has 230 valence electrons. The molecule has 1 heterocycles. The van der Waals surface area contributed by atoms with Crippen LogP contribution in [-0.4, -0.2) is 9.97 Å². The number of nitrogens with one attached hydrogen (secondary N) is 1. The molecule has 0 saturated carbocycles. The lowest BCUT2D eigenvalue weighted by Crippen LogP contribution is -2.68. The Kier molecular flexibility index (Phi) is 8.31. The zero-order valence-electron chi connectivity index (χ0n) is 25.0. The Morgan fingerprint density at radius 1 is 0.447 bits per heavy atom. The lowest BCUT2D eigenvalue weighted by molar-refractivity contribution is -2.00. The largest absolute Gasteiger partial charge is 0.337 e. The molecule has 0 saturated heterocycles. The van der Waals surface area contributed by atoms with Crippen molar-refractivity contribution in [1.82, 2.24) is 9.97 Å². The van der Waals surface area contributed by atoms with Gasteiger partial charge in [0.15, 0.2) is 0 Å². The van der Waals surface area contributed by atoms with Crippen molar-refractivity contribution >= 4 is 61.1 Å². The number of fused-ring (bicyclic) bond motifs is 6. The summed E-state index contributed by atoms with van der Waals surface area (Å²) in [7, 11) is -7.15. The molecule has 0 fully saturated rings. The van der Waals surface area contributed by atoms with Gasteiger partial charge in [0.1, 0.15) is 34.3 Å². The van der Waals surface area contributed by atoms with E-state index in [1.165, 1.54) is 42.8 Å². The SMILES string of the molecule is [O-][Cl+3]([O-])([O-])[O-].c1ccc([P+](c2ccccc2)(c2ccccc2)c2cccc(-c3nc4c5ccccc5c5ccccc5c4[nH]3)c2)cc1. The van der Waals surface area contributed by atoms with Crippen molar-refractivity contribution in [2.45, 2.75) is 0 Å². The van der Waals surface area contributed by atoms with Gasteiger partial charge in [0.25, 0.3) is 0 Å². The van der Waals surface area contributed by atoms with Gasteiger partial charge < -0.3 is 4.98 Å². The van der Waals surface area contributed by atoms with E-state index in [1.54, 1.807) is 0 Å².